The van der Waals surface area contributed by atoms with Crippen molar-refractivity contribution in [3.05, 3.63) is 197 Å². The second kappa shape index (κ2) is 29.2. The maximum absolute atomic E-state index is 12.8. The Morgan fingerprint density at radius 3 is 1.24 bits per heavy atom. The molecule has 290 valence electrons. The molecule has 4 rings (SSSR count). The average molecular weight is 742 g/mol. The summed E-state index contributed by atoms with van der Waals surface area (Å²) in [6.07, 6.45) is 15.4. The second-order valence-electron chi connectivity index (χ2n) is 11.9. The molecule has 55 heavy (non-hydrogen) atoms. The molecule has 1 aliphatic rings. The smallest absolute Gasteiger partial charge is 0.320 e. The SMILES string of the molecule is C=CCN(CC=C)c1ccc(C(=O)c2ccc(N(CC=C)CC=C)cc2)cc1.C=CCN1CCN(CC=C)C1=O.C=CCNCC=C.O=Cc1ccccc1. The van der Waals surface area contributed by atoms with E-state index in [-0.39, 0.29) is 11.8 Å². The zero-order valence-electron chi connectivity index (χ0n) is 32.4. The molecular weight excluding hydrogens is 683 g/mol. The number of nitrogens with zero attached hydrogens (tertiary/aromatic N) is 4. The van der Waals surface area contributed by atoms with Crippen LogP contribution in [0.4, 0.5) is 16.2 Å². The Balaban J connectivity index is 0.000000453. The minimum absolute atomic E-state index is 0.0103. The fourth-order valence-corrected chi connectivity index (χ4v) is 5.11. The van der Waals surface area contributed by atoms with Crippen LogP contribution in [0.25, 0.3) is 0 Å². The highest BCUT2D eigenvalue weighted by Gasteiger charge is 2.25. The molecule has 1 aliphatic heterocycles. The lowest BCUT2D eigenvalue weighted by molar-refractivity contribution is 0.103. The molecule has 1 fully saturated rings. The van der Waals surface area contributed by atoms with Gasteiger partial charge in [-0.15, -0.1) is 52.6 Å². The summed E-state index contributed by atoms with van der Waals surface area (Å²) >= 11 is 0. The third-order valence-corrected chi connectivity index (χ3v) is 7.78. The van der Waals surface area contributed by atoms with Crippen LogP contribution in [0, 0.1) is 0 Å². The van der Waals surface area contributed by atoms with Crippen LogP contribution in [0.3, 0.4) is 0 Å². The Bertz CT molecular complexity index is 1530. The minimum Gasteiger partial charge on any atom is -0.364 e. The largest absolute Gasteiger partial charge is 0.364 e. The summed E-state index contributed by atoms with van der Waals surface area (Å²) in [4.78, 5) is 42.1. The number of benzene rings is 3. The Morgan fingerprint density at radius 2 is 0.945 bits per heavy atom. The van der Waals surface area contributed by atoms with E-state index < -0.39 is 0 Å². The number of rotatable bonds is 21. The predicted molar refractivity (Wildman–Crippen MR) is 236 cm³/mol. The zero-order chi connectivity index (χ0) is 40.7. The van der Waals surface area contributed by atoms with Gasteiger partial charge in [0.05, 0.1) is 0 Å². The zero-order valence-corrected chi connectivity index (χ0v) is 32.4. The van der Waals surface area contributed by atoms with Crippen LogP contribution in [0.1, 0.15) is 26.3 Å². The van der Waals surface area contributed by atoms with Gasteiger partial charge in [0.1, 0.15) is 6.29 Å². The average Bonchev–Trinajstić information content (AvgIpc) is 3.56. The summed E-state index contributed by atoms with van der Waals surface area (Å²) in [7, 11) is 0. The van der Waals surface area contributed by atoms with Crippen molar-refractivity contribution in [3.8, 4) is 0 Å². The fraction of sp³-hybridized carbons (Fsp3) is 0.213. The summed E-state index contributed by atoms with van der Waals surface area (Å²) in [5.74, 6) is 0.0103. The van der Waals surface area contributed by atoms with Crippen LogP contribution in [0.5, 0.6) is 0 Å². The fourth-order valence-electron chi connectivity index (χ4n) is 5.11. The van der Waals surface area contributed by atoms with E-state index in [0.29, 0.717) is 24.2 Å². The first kappa shape index (κ1) is 46.8. The van der Waals surface area contributed by atoms with Crippen LogP contribution in [0.15, 0.2) is 180 Å². The number of ketones is 1. The second-order valence-corrected chi connectivity index (χ2v) is 11.9. The first-order valence-corrected chi connectivity index (χ1v) is 18.1. The van der Waals surface area contributed by atoms with E-state index in [1.807, 2.05) is 103 Å². The number of aldehydes is 1. The molecule has 8 nitrogen and oxygen atoms in total. The maximum Gasteiger partial charge on any atom is 0.320 e. The van der Waals surface area contributed by atoms with Crippen LogP contribution in [-0.4, -0.2) is 93.3 Å². The molecule has 0 saturated carbocycles. The van der Waals surface area contributed by atoms with Crippen LogP contribution in [-0.2, 0) is 0 Å². The number of anilines is 2. The number of carbonyl (C=O) groups is 3. The summed E-state index contributed by atoms with van der Waals surface area (Å²) in [5, 5.41) is 3.05. The Labute approximate surface area is 330 Å². The first-order valence-electron chi connectivity index (χ1n) is 18.1. The Morgan fingerprint density at radius 1 is 0.564 bits per heavy atom. The summed E-state index contributed by atoms with van der Waals surface area (Å²) in [6.45, 7) is 37.0. The third kappa shape index (κ3) is 17.9. The molecule has 3 aromatic carbocycles. The van der Waals surface area contributed by atoms with Crippen molar-refractivity contribution in [2.75, 3.05) is 75.2 Å². The number of nitrogens with one attached hydrogen (secondary N) is 1. The Kier molecular flexibility index (Phi) is 24.9. The van der Waals surface area contributed by atoms with Crippen molar-refractivity contribution in [3.63, 3.8) is 0 Å². The molecule has 3 aromatic rings. The lowest BCUT2D eigenvalue weighted by Crippen LogP contribution is -2.31. The van der Waals surface area contributed by atoms with Crippen molar-refractivity contribution >= 4 is 29.5 Å². The number of hydrogen-bond acceptors (Lipinski definition) is 6. The summed E-state index contributed by atoms with van der Waals surface area (Å²) in [5.41, 5.74) is 4.14. The van der Waals surface area contributed by atoms with Gasteiger partial charge in [-0.05, 0) is 48.5 Å². The van der Waals surface area contributed by atoms with E-state index in [4.69, 9.17) is 0 Å². The topological polar surface area (TPSA) is 76.2 Å². The highest BCUT2D eigenvalue weighted by Crippen LogP contribution is 2.20. The minimum atomic E-state index is 0.0103. The molecule has 0 bridgehead atoms. The molecule has 0 unspecified atom stereocenters. The number of amides is 2. The highest BCUT2D eigenvalue weighted by molar-refractivity contribution is 6.09. The number of urea groups is 1. The molecular formula is C47H59N5O3. The van der Waals surface area contributed by atoms with E-state index in [9.17, 15) is 14.4 Å². The lowest BCUT2D eigenvalue weighted by atomic mass is 10.0. The number of carbonyl (C=O) groups excluding carboxylic acids is 3. The van der Waals surface area contributed by atoms with Crippen molar-refractivity contribution in [2.45, 2.75) is 0 Å². The molecule has 8 heteroatoms. The highest BCUT2D eigenvalue weighted by atomic mass is 16.2. The molecule has 1 saturated heterocycles. The van der Waals surface area contributed by atoms with Gasteiger partial charge in [0, 0.05) is 93.5 Å². The van der Waals surface area contributed by atoms with Gasteiger partial charge >= 0.3 is 6.03 Å². The number of hydrogen-bond donors (Lipinski definition) is 1. The van der Waals surface area contributed by atoms with Gasteiger partial charge in [-0.3, -0.25) is 9.59 Å². The molecule has 1 heterocycles. The van der Waals surface area contributed by atoms with Crippen molar-refractivity contribution in [1.29, 1.82) is 0 Å². The van der Waals surface area contributed by atoms with Crippen LogP contribution in [0.2, 0.25) is 0 Å². The van der Waals surface area contributed by atoms with Gasteiger partial charge in [0.2, 0.25) is 0 Å². The van der Waals surface area contributed by atoms with E-state index in [1.165, 1.54) is 0 Å². The first-order chi connectivity index (χ1) is 26.8. The van der Waals surface area contributed by atoms with Gasteiger partial charge in [0.15, 0.2) is 5.78 Å². The molecule has 1 N–H and O–H groups in total. The summed E-state index contributed by atoms with van der Waals surface area (Å²) in [6, 6.07) is 24.5. The normalized spacial score (nSPS) is 11.0. The molecule has 0 radical (unpaired) electrons. The van der Waals surface area contributed by atoms with Crippen molar-refractivity contribution in [1.82, 2.24) is 15.1 Å². The van der Waals surface area contributed by atoms with Crippen LogP contribution < -0.4 is 15.1 Å². The standard InChI is InChI=1S/C25H28N2O.C9H14N2O.C7H6O.C6H11N/c1-5-17-26(18-6-2)23-13-9-21(10-14-23)25(28)22-11-15-24(16-12-22)27(19-7-3)20-8-4;1-3-5-10-7-8-11(6-4-2)9(10)12;8-6-7-4-2-1-3-5-7;1-3-5-7-6-4-2/h5-16H,1-4,17-20H2;3-4H,1-2,5-8H2;1-6H;3-4,7H,1-2,5-6H2. The molecule has 2 amide bonds. The van der Waals surface area contributed by atoms with Crippen LogP contribution >= 0.6 is 0 Å². The molecule has 0 aromatic heterocycles. The van der Waals surface area contributed by atoms with Gasteiger partial charge < -0.3 is 24.9 Å². The van der Waals surface area contributed by atoms with E-state index in [1.54, 1.807) is 34.1 Å². The predicted octanol–water partition coefficient (Wildman–Crippen LogP) is 8.82. The van der Waals surface area contributed by atoms with E-state index in [0.717, 1.165) is 75.6 Å². The van der Waals surface area contributed by atoms with Crippen molar-refractivity contribution < 1.29 is 14.4 Å². The van der Waals surface area contributed by atoms with E-state index >= 15 is 0 Å². The lowest BCUT2D eigenvalue weighted by Gasteiger charge is -2.22. The van der Waals surface area contributed by atoms with Crippen molar-refractivity contribution in [2.24, 2.45) is 0 Å². The Hall–Kier alpha value is -6.25. The molecule has 0 atom stereocenters. The van der Waals surface area contributed by atoms with Gasteiger partial charge in [0.25, 0.3) is 0 Å². The van der Waals surface area contributed by atoms with Gasteiger partial charge in [-0.2, -0.15) is 0 Å². The molecule has 0 aliphatic carbocycles. The van der Waals surface area contributed by atoms with E-state index in [2.05, 4.69) is 67.7 Å². The third-order valence-electron chi connectivity index (χ3n) is 7.78. The maximum atomic E-state index is 12.8. The van der Waals surface area contributed by atoms with Gasteiger partial charge in [-0.1, -0.05) is 78.9 Å². The summed E-state index contributed by atoms with van der Waals surface area (Å²) < 4.78 is 0. The monoisotopic (exact) mass is 741 g/mol. The quantitative estimate of drug-likeness (QED) is 0.0509. The van der Waals surface area contributed by atoms with Gasteiger partial charge in [-0.25, -0.2) is 4.79 Å². The molecule has 0 spiro atoms.